The molecule has 3 aliphatic rings. The van der Waals surface area contributed by atoms with E-state index in [4.69, 9.17) is 4.98 Å². The van der Waals surface area contributed by atoms with E-state index in [1.165, 1.54) is 65.1 Å². The zero-order chi connectivity index (χ0) is 28.8. The van der Waals surface area contributed by atoms with Crippen molar-refractivity contribution in [3.63, 3.8) is 0 Å². The molecule has 5 heterocycles. The number of hydrogen-bond donors (Lipinski definition) is 1. The van der Waals surface area contributed by atoms with Gasteiger partial charge >= 0.3 is 0 Å². The average molecular weight is 579 g/mol. The fourth-order valence-corrected chi connectivity index (χ4v) is 7.59. The number of thiazole rings is 1. The first-order valence-electron chi connectivity index (χ1n) is 15.2. The second kappa shape index (κ2) is 11.2. The summed E-state index contributed by atoms with van der Waals surface area (Å²) in [5.41, 5.74) is 10.3. The normalized spacial score (nSPS) is 17.9. The van der Waals surface area contributed by atoms with Crippen LogP contribution in [0.5, 0.6) is 0 Å². The van der Waals surface area contributed by atoms with Gasteiger partial charge in [0, 0.05) is 41.6 Å². The number of amides is 1. The lowest BCUT2D eigenvalue weighted by molar-refractivity contribution is -0.120. The molecule has 0 saturated carbocycles. The summed E-state index contributed by atoms with van der Waals surface area (Å²) >= 11 is 1.42. The molecule has 2 aromatic carbocycles. The molecule has 1 saturated heterocycles. The van der Waals surface area contributed by atoms with Crippen molar-refractivity contribution < 1.29 is 4.79 Å². The molecular formula is C34H38N6OS. The number of nitrogens with zero attached hydrogens (tertiary/aromatic N) is 5. The smallest absolute Gasteiger partial charge is 0.255 e. The summed E-state index contributed by atoms with van der Waals surface area (Å²) in [6, 6.07) is 13.2. The zero-order valence-corrected chi connectivity index (χ0v) is 25.3. The largest absolute Gasteiger partial charge is 0.350 e. The number of fused-ring (bicyclic) bond motifs is 2. The fraction of sp³-hybridized carbons (Fsp3) is 0.382. The molecule has 1 atom stereocenters. The Morgan fingerprint density at radius 2 is 1.93 bits per heavy atom. The molecule has 7 rings (SSSR count). The summed E-state index contributed by atoms with van der Waals surface area (Å²) in [7, 11) is 0. The number of anilines is 1. The van der Waals surface area contributed by atoms with Crippen LogP contribution in [0.15, 0.2) is 60.9 Å². The van der Waals surface area contributed by atoms with Gasteiger partial charge in [0.1, 0.15) is 0 Å². The molecule has 4 aromatic rings. The number of benzene rings is 2. The van der Waals surface area contributed by atoms with Crippen molar-refractivity contribution in [2.24, 2.45) is 0 Å². The third-order valence-electron chi connectivity index (χ3n) is 9.48. The number of rotatable bonds is 7. The van der Waals surface area contributed by atoms with Gasteiger partial charge in [-0.3, -0.25) is 10.1 Å². The van der Waals surface area contributed by atoms with Crippen LogP contribution in [0.25, 0.3) is 16.8 Å². The second-order valence-electron chi connectivity index (χ2n) is 11.8. The maximum atomic E-state index is 13.9. The topological polar surface area (TPSA) is 66.3 Å². The third-order valence-corrected chi connectivity index (χ3v) is 10.2. The highest BCUT2D eigenvalue weighted by Crippen LogP contribution is 2.43. The van der Waals surface area contributed by atoms with E-state index in [2.05, 4.69) is 81.5 Å². The predicted octanol–water partition coefficient (Wildman–Crippen LogP) is 6.63. The molecule has 1 unspecified atom stereocenters. The maximum absolute atomic E-state index is 13.9. The molecule has 0 radical (unpaired) electrons. The Balaban J connectivity index is 1.17. The van der Waals surface area contributed by atoms with Crippen molar-refractivity contribution in [1.82, 2.24) is 24.3 Å². The Morgan fingerprint density at radius 1 is 1.12 bits per heavy atom. The quantitative estimate of drug-likeness (QED) is 0.267. The van der Waals surface area contributed by atoms with Gasteiger partial charge in [-0.25, -0.2) is 9.97 Å². The van der Waals surface area contributed by atoms with Crippen LogP contribution in [-0.2, 0) is 24.3 Å². The van der Waals surface area contributed by atoms with Crippen LogP contribution in [0, 0.1) is 6.92 Å². The summed E-state index contributed by atoms with van der Waals surface area (Å²) in [5.74, 6) is 0.527. The fourth-order valence-electron chi connectivity index (χ4n) is 7.05. The van der Waals surface area contributed by atoms with E-state index in [9.17, 15) is 4.79 Å². The van der Waals surface area contributed by atoms with Crippen molar-refractivity contribution in [3.8, 4) is 11.1 Å². The van der Waals surface area contributed by atoms with Crippen LogP contribution in [0.2, 0.25) is 0 Å². The lowest BCUT2D eigenvalue weighted by Gasteiger charge is -2.31. The number of carbonyl (C=O) groups is 1. The molecule has 8 heteroatoms. The van der Waals surface area contributed by atoms with Crippen LogP contribution in [-0.4, -0.2) is 49.9 Å². The molecule has 42 heavy (non-hydrogen) atoms. The molecular weight excluding hydrogens is 540 g/mol. The Morgan fingerprint density at radius 3 is 2.67 bits per heavy atom. The van der Waals surface area contributed by atoms with Crippen molar-refractivity contribution >= 4 is 28.1 Å². The molecule has 0 aliphatic carbocycles. The van der Waals surface area contributed by atoms with Crippen LogP contribution in [0.1, 0.15) is 71.8 Å². The van der Waals surface area contributed by atoms with Crippen molar-refractivity contribution in [2.45, 2.75) is 64.6 Å². The van der Waals surface area contributed by atoms with Gasteiger partial charge in [-0.05, 0) is 92.0 Å². The maximum Gasteiger partial charge on any atom is 0.255 e. The molecule has 1 N–H and O–H groups in total. The van der Waals surface area contributed by atoms with Gasteiger partial charge in [-0.1, -0.05) is 43.8 Å². The zero-order valence-electron chi connectivity index (χ0n) is 24.5. The summed E-state index contributed by atoms with van der Waals surface area (Å²) in [4.78, 5) is 27.6. The number of imidazole rings is 1. The number of piperidine rings is 1. The monoisotopic (exact) mass is 578 g/mol. The summed E-state index contributed by atoms with van der Waals surface area (Å²) in [5, 5.41) is 5.52. The first-order chi connectivity index (χ1) is 20.5. The van der Waals surface area contributed by atoms with Gasteiger partial charge in [0.2, 0.25) is 0 Å². The minimum absolute atomic E-state index is 0.120. The first kappa shape index (κ1) is 27.1. The van der Waals surface area contributed by atoms with Crippen molar-refractivity contribution in [2.75, 3.05) is 25.0 Å². The number of hydrogen-bond acceptors (Lipinski definition) is 6. The van der Waals surface area contributed by atoms with E-state index in [0.717, 1.165) is 48.6 Å². The van der Waals surface area contributed by atoms with Gasteiger partial charge in [0.05, 0.1) is 12.0 Å². The third kappa shape index (κ3) is 4.86. The molecule has 1 amide bonds. The molecule has 7 nitrogen and oxygen atoms in total. The molecule has 2 aromatic heterocycles. The van der Waals surface area contributed by atoms with Crippen LogP contribution >= 0.6 is 11.3 Å². The average Bonchev–Trinajstić information content (AvgIpc) is 3.82. The molecule has 1 fully saturated rings. The Kier molecular flexibility index (Phi) is 7.20. The highest BCUT2D eigenvalue weighted by molar-refractivity contribution is 7.13. The highest BCUT2D eigenvalue weighted by Gasteiger charge is 2.39. The van der Waals surface area contributed by atoms with E-state index in [-0.39, 0.29) is 5.91 Å². The van der Waals surface area contributed by atoms with Gasteiger partial charge in [-0.2, -0.15) is 0 Å². The summed E-state index contributed by atoms with van der Waals surface area (Å²) in [6.45, 7) is 14.1. The van der Waals surface area contributed by atoms with E-state index in [1.54, 1.807) is 6.20 Å². The van der Waals surface area contributed by atoms with Gasteiger partial charge in [0.15, 0.2) is 11.2 Å². The van der Waals surface area contributed by atoms with E-state index < -0.39 is 6.04 Å². The summed E-state index contributed by atoms with van der Waals surface area (Å²) in [6.07, 6.45) is 8.07. The second-order valence-corrected chi connectivity index (χ2v) is 12.7. The van der Waals surface area contributed by atoms with Crippen LogP contribution in [0.3, 0.4) is 0 Å². The number of aromatic nitrogens is 3. The Bertz CT molecular complexity index is 1610. The first-order valence-corrected chi connectivity index (χ1v) is 16.0. The predicted molar refractivity (Wildman–Crippen MR) is 169 cm³/mol. The van der Waals surface area contributed by atoms with Gasteiger partial charge in [-0.15, -0.1) is 11.3 Å². The minimum atomic E-state index is -0.579. The van der Waals surface area contributed by atoms with E-state index in [1.807, 2.05) is 11.7 Å². The standard InChI is InChI=1S/C34H38N6OS/c1-4-38-15-11-26(12-16-38)24-7-9-25(10-8-24)27-18-22(2)29-20-40(23(3)28(29)19-27)32(33(41)37-34-35-13-17-42-34)31-30-6-5-14-39(30)21-36-31/h7-10,13,17-19,21,26,32H,3-6,11-12,14-16,20H2,1-2H3,(H,35,37,41). The van der Waals surface area contributed by atoms with Crippen molar-refractivity contribution in [1.29, 1.82) is 0 Å². The molecule has 0 bridgehead atoms. The van der Waals surface area contributed by atoms with E-state index in [0.29, 0.717) is 17.6 Å². The van der Waals surface area contributed by atoms with Gasteiger partial charge in [0.25, 0.3) is 5.91 Å². The Labute approximate surface area is 251 Å². The molecule has 0 spiro atoms. The van der Waals surface area contributed by atoms with Crippen LogP contribution < -0.4 is 5.32 Å². The van der Waals surface area contributed by atoms with E-state index >= 15 is 0 Å². The highest BCUT2D eigenvalue weighted by atomic mass is 32.1. The van der Waals surface area contributed by atoms with Gasteiger partial charge < -0.3 is 14.4 Å². The van der Waals surface area contributed by atoms with Crippen LogP contribution in [0.4, 0.5) is 5.13 Å². The number of nitrogens with one attached hydrogen (secondary N) is 1. The number of likely N-dealkylation sites (tertiary alicyclic amines) is 1. The van der Waals surface area contributed by atoms with Crippen molar-refractivity contribution in [3.05, 3.63) is 94.5 Å². The minimum Gasteiger partial charge on any atom is -0.350 e. The molecule has 3 aliphatic heterocycles. The molecule has 216 valence electrons. The SMILES string of the molecule is C=C1c2cc(-c3ccc(C4CCN(CC)CC4)cc3)cc(C)c2CN1C(C(=O)Nc1nccs1)c1ncn2c1CCC2. The lowest BCUT2D eigenvalue weighted by Crippen LogP contribution is -2.34. The lowest BCUT2D eigenvalue weighted by atomic mass is 9.88. The number of carbonyl (C=O) groups excluding carboxylic acids is 1. The number of aryl methyl sites for hydroxylation is 2. The summed E-state index contributed by atoms with van der Waals surface area (Å²) < 4.78 is 2.19. The Hall–Kier alpha value is -3.75.